The molecule has 0 saturated heterocycles. The summed E-state index contributed by atoms with van der Waals surface area (Å²) in [6.45, 7) is 5.79. The van der Waals surface area contributed by atoms with Crippen LogP contribution in [0.2, 0.25) is 0 Å². The molecular formula is C22H25F2N5O2. The van der Waals surface area contributed by atoms with Crippen molar-refractivity contribution >= 4 is 11.6 Å². The first-order chi connectivity index (χ1) is 14.8. The lowest BCUT2D eigenvalue weighted by atomic mass is 9.92. The molecule has 2 aromatic heterocycles. The van der Waals surface area contributed by atoms with Crippen molar-refractivity contribution in [3.63, 3.8) is 0 Å². The highest BCUT2D eigenvalue weighted by molar-refractivity contribution is 5.79. The minimum Gasteiger partial charge on any atom is -0.481 e. The van der Waals surface area contributed by atoms with Gasteiger partial charge in [-0.3, -0.25) is 4.79 Å². The van der Waals surface area contributed by atoms with E-state index >= 15 is 0 Å². The molecule has 0 amide bonds. The number of hydrogen-bond donors (Lipinski definition) is 1. The fourth-order valence-corrected chi connectivity index (χ4v) is 3.24. The Balaban J connectivity index is 1.86. The van der Waals surface area contributed by atoms with Gasteiger partial charge in [0.1, 0.15) is 17.3 Å². The molecule has 0 spiro atoms. The SMILES string of the molecule is COc1cc(-c2ncc(F)c(NC[C@@H](C(C)=O)C(C)C)n2)nn1Cc1ccccc1F. The maximum absolute atomic E-state index is 14.3. The van der Waals surface area contributed by atoms with E-state index in [9.17, 15) is 13.6 Å². The number of nitrogens with zero attached hydrogens (tertiary/aromatic N) is 4. The standard InChI is InChI=1S/C22H25F2N5O2/c1-13(2)16(14(3)30)10-25-21-18(24)11-26-22(27-21)19-9-20(31-4)29(28-19)12-15-7-5-6-8-17(15)23/h5-9,11,13,16H,10,12H2,1-4H3,(H,25,26,27)/t16-/m1/s1. The van der Waals surface area contributed by atoms with Crippen molar-refractivity contribution < 1.29 is 18.3 Å². The van der Waals surface area contributed by atoms with E-state index in [0.717, 1.165) is 6.20 Å². The van der Waals surface area contributed by atoms with Gasteiger partial charge < -0.3 is 10.1 Å². The van der Waals surface area contributed by atoms with Crippen LogP contribution in [-0.4, -0.2) is 39.2 Å². The van der Waals surface area contributed by atoms with Crippen molar-refractivity contribution in [1.29, 1.82) is 0 Å². The number of aromatic nitrogens is 4. The number of Topliss-reactive ketones (excluding diaryl/α,β-unsaturated/α-hetero) is 1. The summed E-state index contributed by atoms with van der Waals surface area (Å²) in [6.07, 6.45) is 1.05. The first-order valence-corrected chi connectivity index (χ1v) is 9.92. The van der Waals surface area contributed by atoms with Gasteiger partial charge in [-0.15, -0.1) is 0 Å². The second-order valence-electron chi connectivity index (χ2n) is 7.55. The number of nitrogens with one attached hydrogen (secondary N) is 1. The number of carbonyl (C=O) groups is 1. The number of methoxy groups -OCH3 is 1. The first kappa shape index (κ1) is 22.3. The molecule has 9 heteroatoms. The van der Waals surface area contributed by atoms with Gasteiger partial charge in [-0.2, -0.15) is 5.10 Å². The van der Waals surface area contributed by atoms with Crippen LogP contribution in [0.5, 0.6) is 5.88 Å². The molecule has 0 aliphatic carbocycles. The summed E-state index contributed by atoms with van der Waals surface area (Å²) in [5, 5.41) is 7.31. The summed E-state index contributed by atoms with van der Waals surface area (Å²) >= 11 is 0. The van der Waals surface area contributed by atoms with Gasteiger partial charge >= 0.3 is 0 Å². The minimum absolute atomic E-state index is 0.0143. The summed E-state index contributed by atoms with van der Waals surface area (Å²) in [6, 6.07) is 7.99. The van der Waals surface area contributed by atoms with E-state index in [1.165, 1.54) is 24.8 Å². The zero-order valence-electron chi connectivity index (χ0n) is 17.9. The maximum atomic E-state index is 14.3. The molecule has 0 aliphatic rings. The van der Waals surface area contributed by atoms with Crippen LogP contribution in [0.4, 0.5) is 14.6 Å². The van der Waals surface area contributed by atoms with E-state index < -0.39 is 5.82 Å². The molecule has 0 fully saturated rings. The van der Waals surface area contributed by atoms with Gasteiger partial charge in [0.05, 0.1) is 19.9 Å². The van der Waals surface area contributed by atoms with Gasteiger partial charge in [0.2, 0.25) is 5.88 Å². The van der Waals surface area contributed by atoms with Crippen molar-refractivity contribution in [2.24, 2.45) is 11.8 Å². The average Bonchev–Trinajstić information content (AvgIpc) is 3.13. The fourth-order valence-electron chi connectivity index (χ4n) is 3.24. The van der Waals surface area contributed by atoms with E-state index in [1.54, 1.807) is 24.3 Å². The molecule has 1 atom stereocenters. The van der Waals surface area contributed by atoms with Gasteiger partial charge in [0.25, 0.3) is 0 Å². The topological polar surface area (TPSA) is 81.9 Å². The van der Waals surface area contributed by atoms with E-state index in [0.29, 0.717) is 17.1 Å². The van der Waals surface area contributed by atoms with E-state index in [1.807, 2.05) is 13.8 Å². The summed E-state index contributed by atoms with van der Waals surface area (Å²) in [7, 11) is 1.48. The van der Waals surface area contributed by atoms with Crippen molar-refractivity contribution in [3.8, 4) is 17.4 Å². The molecule has 31 heavy (non-hydrogen) atoms. The van der Waals surface area contributed by atoms with Gasteiger partial charge in [-0.1, -0.05) is 32.0 Å². The van der Waals surface area contributed by atoms with Crippen molar-refractivity contribution in [3.05, 3.63) is 53.7 Å². The van der Waals surface area contributed by atoms with Crippen LogP contribution in [-0.2, 0) is 11.3 Å². The highest BCUT2D eigenvalue weighted by atomic mass is 19.1. The molecule has 3 rings (SSSR count). The summed E-state index contributed by atoms with van der Waals surface area (Å²) in [5.74, 6) is -0.571. The Morgan fingerprint density at radius 1 is 1.23 bits per heavy atom. The Labute approximate surface area is 179 Å². The van der Waals surface area contributed by atoms with Crippen LogP contribution in [0, 0.1) is 23.5 Å². The Hall–Kier alpha value is -3.36. The van der Waals surface area contributed by atoms with Crippen LogP contribution in [0.15, 0.2) is 36.5 Å². The lowest BCUT2D eigenvalue weighted by Gasteiger charge is -2.18. The number of ketones is 1. The largest absolute Gasteiger partial charge is 0.481 e. The molecule has 0 radical (unpaired) electrons. The number of rotatable bonds is 9. The molecule has 7 nitrogen and oxygen atoms in total. The highest BCUT2D eigenvalue weighted by Crippen LogP contribution is 2.24. The van der Waals surface area contributed by atoms with Crippen molar-refractivity contribution in [2.45, 2.75) is 27.3 Å². The first-order valence-electron chi connectivity index (χ1n) is 9.92. The quantitative estimate of drug-likeness (QED) is 0.555. The fraction of sp³-hybridized carbons (Fsp3) is 0.364. The molecule has 0 saturated carbocycles. The number of anilines is 1. The number of benzene rings is 1. The second kappa shape index (κ2) is 9.63. The van der Waals surface area contributed by atoms with Crippen LogP contribution < -0.4 is 10.1 Å². The molecule has 164 valence electrons. The van der Waals surface area contributed by atoms with Crippen molar-refractivity contribution in [2.75, 3.05) is 19.0 Å². The summed E-state index contributed by atoms with van der Waals surface area (Å²) in [5.41, 5.74) is 0.796. The van der Waals surface area contributed by atoms with Crippen LogP contribution in [0.25, 0.3) is 11.5 Å². The number of hydrogen-bond acceptors (Lipinski definition) is 6. The van der Waals surface area contributed by atoms with Crippen molar-refractivity contribution in [1.82, 2.24) is 19.7 Å². The number of halogens is 2. The lowest BCUT2D eigenvalue weighted by molar-refractivity contribution is -0.121. The molecule has 0 bridgehead atoms. The predicted molar refractivity (Wildman–Crippen MR) is 113 cm³/mol. The molecule has 0 unspecified atom stereocenters. The van der Waals surface area contributed by atoms with Gasteiger partial charge in [0, 0.05) is 24.1 Å². The molecule has 2 heterocycles. The minimum atomic E-state index is -0.632. The molecule has 0 aliphatic heterocycles. The molecule has 1 aromatic carbocycles. The highest BCUT2D eigenvalue weighted by Gasteiger charge is 2.20. The predicted octanol–water partition coefficient (Wildman–Crippen LogP) is 3.95. The maximum Gasteiger partial charge on any atom is 0.212 e. The Morgan fingerprint density at radius 3 is 2.61 bits per heavy atom. The van der Waals surface area contributed by atoms with E-state index in [4.69, 9.17) is 4.74 Å². The average molecular weight is 429 g/mol. The summed E-state index contributed by atoms with van der Waals surface area (Å²) in [4.78, 5) is 20.1. The number of carbonyl (C=O) groups excluding carboxylic acids is 1. The molecular weight excluding hydrogens is 404 g/mol. The Morgan fingerprint density at radius 2 is 1.97 bits per heavy atom. The third kappa shape index (κ3) is 5.22. The second-order valence-corrected chi connectivity index (χ2v) is 7.55. The summed E-state index contributed by atoms with van der Waals surface area (Å²) < 4.78 is 35.1. The Kier molecular flexibility index (Phi) is 6.94. The van der Waals surface area contributed by atoms with Gasteiger partial charge in [-0.05, 0) is 18.9 Å². The zero-order chi connectivity index (χ0) is 22.5. The van der Waals surface area contributed by atoms with Gasteiger partial charge in [-0.25, -0.2) is 23.4 Å². The van der Waals surface area contributed by atoms with Crippen LogP contribution in [0.1, 0.15) is 26.3 Å². The van der Waals surface area contributed by atoms with Gasteiger partial charge in [0.15, 0.2) is 17.5 Å². The Bertz CT molecular complexity index is 1070. The number of ether oxygens (including phenoxy) is 1. The molecule has 1 N–H and O–H groups in total. The third-order valence-electron chi connectivity index (χ3n) is 5.02. The molecule has 3 aromatic rings. The van der Waals surface area contributed by atoms with Crippen LogP contribution >= 0.6 is 0 Å². The smallest absolute Gasteiger partial charge is 0.212 e. The third-order valence-corrected chi connectivity index (χ3v) is 5.02. The normalized spacial score (nSPS) is 12.1. The van der Waals surface area contributed by atoms with E-state index in [2.05, 4.69) is 20.4 Å². The zero-order valence-corrected chi connectivity index (χ0v) is 17.9. The van der Waals surface area contributed by atoms with E-state index in [-0.39, 0.29) is 48.2 Å². The monoisotopic (exact) mass is 429 g/mol. The lowest BCUT2D eigenvalue weighted by Crippen LogP contribution is -2.26. The van der Waals surface area contributed by atoms with Crippen LogP contribution in [0.3, 0.4) is 0 Å².